The van der Waals surface area contributed by atoms with Gasteiger partial charge in [0.15, 0.2) is 31.2 Å². The van der Waals surface area contributed by atoms with Crippen LogP contribution in [0.25, 0.3) is 0 Å². The van der Waals surface area contributed by atoms with Crippen LogP contribution in [0.2, 0.25) is 0 Å². The minimum atomic E-state index is -3.53. The monoisotopic (exact) mass is 790 g/mol. The topological polar surface area (TPSA) is 144 Å². The lowest BCUT2D eigenvalue weighted by atomic mass is 9.87. The Morgan fingerprint density at radius 2 is 1.07 bits per heavy atom. The van der Waals surface area contributed by atoms with Crippen molar-refractivity contribution in [2.45, 2.75) is 124 Å². The molecule has 0 saturated carbocycles. The van der Waals surface area contributed by atoms with E-state index in [4.69, 9.17) is 28.4 Å². The van der Waals surface area contributed by atoms with Crippen LogP contribution >= 0.6 is 0 Å². The molecule has 0 bridgehead atoms. The number of aliphatic hydroxyl groups excluding tert-OH is 1. The predicted octanol–water partition coefficient (Wildman–Crippen LogP) is 5.92. The molecule has 300 valence electrons. The zero-order chi connectivity index (χ0) is 39.3. The Bertz CT molecular complexity index is 1620. The fourth-order valence-electron chi connectivity index (χ4n) is 7.92. The molecule has 11 nitrogen and oxygen atoms in total. The molecule has 4 aliphatic heterocycles. The van der Waals surface area contributed by atoms with Gasteiger partial charge in [0.05, 0.1) is 77.2 Å². The summed E-state index contributed by atoms with van der Waals surface area (Å²) in [7, 11) is -6.89. The molecule has 4 aliphatic rings. The first kappa shape index (κ1) is 42.7. The van der Waals surface area contributed by atoms with Crippen molar-refractivity contribution in [1.29, 1.82) is 0 Å². The van der Waals surface area contributed by atoms with Gasteiger partial charge in [-0.3, -0.25) is 0 Å². The fraction of sp³-hybridized carbons (Fsp3) is 0.610. The smallest absolute Gasteiger partial charge is 0.178 e. The minimum Gasteiger partial charge on any atom is -0.390 e. The normalized spacial score (nSPS) is 33.2. The molecule has 2 aromatic rings. The van der Waals surface area contributed by atoms with Crippen molar-refractivity contribution in [2.24, 2.45) is 17.8 Å². The molecular weight excluding hydrogens is 733 g/mol. The Hall–Kier alpha value is -2.46. The van der Waals surface area contributed by atoms with E-state index in [9.17, 15) is 21.9 Å². The van der Waals surface area contributed by atoms with Gasteiger partial charge in [-0.1, -0.05) is 55.5 Å². The van der Waals surface area contributed by atoms with Gasteiger partial charge in [-0.15, -0.1) is 13.2 Å². The summed E-state index contributed by atoms with van der Waals surface area (Å²) in [6.07, 6.45) is 3.62. The standard InChI is InChI=1S/C21H30O5S.C20H28O6S/c1-5-9-19-18(14-27(22,23)17-10-7-6-8-11-17)15(2)20(25-19)12-16-13-24-21(3,4)26-16;1-4-8-17-16(13-27(22,23)15-9-6-5-7-10-15)19(21)18(25-17)11-14-12-24-20(2,3)26-14/h5-8,10-11,15-16,18-20H,1,9,12-14H2,2-4H3;4-7,9-10,14,16-19,21H,1,8,11-13H2,2-3H3/t15-,16+,18-,19+,20-;14-,16-,17-,18+,19+/m10/s1. The van der Waals surface area contributed by atoms with Crippen LogP contribution in [0, 0.1) is 17.8 Å². The van der Waals surface area contributed by atoms with E-state index in [2.05, 4.69) is 20.1 Å². The van der Waals surface area contributed by atoms with Gasteiger partial charge in [-0.25, -0.2) is 16.8 Å². The second-order valence-electron chi connectivity index (χ2n) is 15.7. The number of hydrogen-bond donors (Lipinski definition) is 1. The van der Waals surface area contributed by atoms with Crippen LogP contribution in [0.15, 0.2) is 95.8 Å². The zero-order valence-electron chi connectivity index (χ0n) is 32.1. The second-order valence-corrected chi connectivity index (χ2v) is 19.8. The molecule has 13 heteroatoms. The number of benzene rings is 2. The van der Waals surface area contributed by atoms with E-state index in [1.54, 1.807) is 66.7 Å². The average Bonchev–Trinajstić information content (AvgIpc) is 3.82. The second kappa shape index (κ2) is 17.8. The van der Waals surface area contributed by atoms with E-state index in [0.29, 0.717) is 43.8 Å². The molecule has 0 unspecified atom stereocenters. The van der Waals surface area contributed by atoms with E-state index in [1.165, 1.54) is 0 Å². The predicted molar refractivity (Wildman–Crippen MR) is 205 cm³/mol. The van der Waals surface area contributed by atoms with Gasteiger partial charge < -0.3 is 33.5 Å². The molecule has 2 aromatic carbocycles. The molecule has 0 spiro atoms. The van der Waals surface area contributed by atoms with Crippen molar-refractivity contribution in [3.8, 4) is 0 Å². The number of sulfone groups is 2. The van der Waals surface area contributed by atoms with E-state index >= 15 is 0 Å². The summed E-state index contributed by atoms with van der Waals surface area (Å²) >= 11 is 0. The fourth-order valence-corrected chi connectivity index (χ4v) is 11.4. The zero-order valence-corrected chi connectivity index (χ0v) is 33.8. The van der Waals surface area contributed by atoms with Crippen LogP contribution in [0.1, 0.15) is 60.3 Å². The van der Waals surface area contributed by atoms with Crippen LogP contribution in [0.3, 0.4) is 0 Å². The third-order valence-corrected chi connectivity index (χ3v) is 14.3. The molecule has 0 amide bonds. The van der Waals surface area contributed by atoms with Crippen LogP contribution < -0.4 is 0 Å². The van der Waals surface area contributed by atoms with E-state index in [0.717, 1.165) is 0 Å². The van der Waals surface area contributed by atoms with Crippen LogP contribution in [-0.4, -0.2) is 101 Å². The highest BCUT2D eigenvalue weighted by Crippen LogP contribution is 2.40. The number of ether oxygens (including phenoxy) is 6. The Morgan fingerprint density at radius 1 is 0.667 bits per heavy atom. The van der Waals surface area contributed by atoms with Gasteiger partial charge in [-0.05, 0) is 70.7 Å². The first-order valence-electron chi connectivity index (χ1n) is 18.8. The first-order chi connectivity index (χ1) is 25.4. The molecule has 4 saturated heterocycles. The van der Waals surface area contributed by atoms with Crippen molar-refractivity contribution >= 4 is 19.7 Å². The van der Waals surface area contributed by atoms with Gasteiger partial charge in [0.1, 0.15) is 0 Å². The van der Waals surface area contributed by atoms with Gasteiger partial charge in [-0.2, -0.15) is 0 Å². The molecule has 54 heavy (non-hydrogen) atoms. The molecule has 0 radical (unpaired) electrons. The Morgan fingerprint density at radius 3 is 1.50 bits per heavy atom. The summed E-state index contributed by atoms with van der Waals surface area (Å²) < 4.78 is 86.6. The van der Waals surface area contributed by atoms with Gasteiger partial charge >= 0.3 is 0 Å². The highest BCUT2D eigenvalue weighted by Gasteiger charge is 2.48. The van der Waals surface area contributed by atoms with Gasteiger partial charge in [0, 0.05) is 24.7 Å². The third-order valence-electron chi connectivity index (χ3n) is 10.7. The lowest BCUT2D eigenvalue weighted by Gasteiger charge is -2.22. The van der Waals surface area contributed by atoms with Crippen LogP contribution in [-0.2, 0) is 48.1 Å². The van der Waals surface area contributed by atoms with Crippen molar-refractivity contribution in [2.75, 3.05) is 24.7 Å². The number of aliphatic hydroxyl groups is 1. The average molecular weight is 791 g/mol. The lowest BCUT2D eigenvalue weighted by molar-refractivity contribution is -0.144. The first-order valence-corrected chi connectivity index (χ1v) is 22.1. The molecule has 0 aromatic heterocycles. The van der Waals surface area contributed by atoms with E-state index in [1.807, 2.05) is 33.8 Å². The molecule has 10 atom stereocenters. The molecule has 0 aliphatic carbocycles. The SMILES string of the molecule is C=CC[C@@H]1O[C@H](C[C@H]2COC(C)(C)O2)[C@H](C)[C@H]1CS(=O)(=O)c1ccccc1.C=CC[C@@H]1O[C@H](C[C@H]2COC(C)(C)O2)[C@H](O)[C@H]1CS(=O)(=O)c1ccccc1. The maximum absolute atomic E-state index is 12.9. The Labute approximate surface area is 321 Å². The van der Waals surface area contributed by atoms with E-state index in [-0.39, 0.29) is 52.7 Å². The van der Waals surface area contributed by atoms with Crippen molar-refractivity contribution in [1.82, 2.24) is 0 Å². The summed E-state index contributed by atoms with van der Waals surface area (Å²) in [4.78, 5) is 0.625. The molecule has 6 rings (SSSR count). The minimum absolute atomic E-state index is 0.0266. The Balaban J connectivity index is 0.000000208. The van der Waals surface area contributed by atoms with E-state index < -0.39 is 55.5 Å². The number of rotatable bonds is 14. The Kier molecular flexibility index (Phi) is 14.0. The van der Waals surface area contributed by atoms with Crippen LogP contribution in [0.4, 0.5) is 0 Å². The maximum atomic E-state index is 12.9. The van der Waals surface area contributed by atoms with Crippen molar-refractivity contribution in [3.05, 3.63) is 86.0 Å². The summed E-state index contributed by atoms with van der Waals surface area (Å²) in [5.74, 6) is -1.78. The molecular formula is C41H58O11S2. The lowest BCUT2D eigenvalue weighted by Crippen LogP contribution is -2.35. The largest absolute Gasteiger partial charge is 0.390 e. The quantitative estimate of drug-likeness (QED) is 0.228. The van der Waals surface area contributed by atoms with Gasteiger partial charge in [0.25, 0.3) is 0 Å². The summed E-state index contributed by atoms with van der Waals surface area (Å²) in [6, 6.07) is 16.9. The van der Waals surface area contributed by atoms with Gasteiger partial charge in [0.2, 0.25) is 0 Å². The number of hydrogen-bond acceptors (Lipinski definition) is 11. The molecule has 1 N–H and O–H groups in total. The maximum Gasteiger partial charge on any atom is 0.178 e. The van der Waals surface area contributed by atoms with Crippen LogP contribution in [0.5, 0.6) is 0 Å². The molecule has 4 heterocycles. The van der Waals surface area contributed by atoms with Crippen molar-refractivity contribution < 1.29 is 50.4 Å². The summed E-state index contributed by atoms with van der Waals surface area (Å²) in [5.41, 5.74) is 0. The summed E-state index contributed by atoms with van der Waals surface area (Å²) in [6.45, 7) is 18.1. The summed E-state index contributed by atoms with van der Waals surface area (Å²) in [5, 5.41) is 10.8. The molecule has 4 fully saturated rings. The highest BCUT2D eigenvalue weighted by molar-refractivity contribution is 7.91. The third kappa shape index (κ3) is 10.9. The highest BCUT2D eigenvalue weighted by atomic mass is 32.2. The van der Waals surface area contributed by atoms with Crippen molar-refractivity contribution in [3.63, 3.8) is 0 Å².